The third-order valence-corrected chi connectivity index (χ3v) is 4.72. The second-order valence-electron chi connectivity index (χ2n) is 5.81. The van der Waals surface area contributed by atoms with Crippen molar-refractivity contribution in [3.8, 4) is 0 Å². The fraction of sp³-hybridized carbons (Fsp3) is 1.00. The third-order valence-electron chi connectivity index (χ3n) is 4.72. The summed E-state index contributed by atoms with van der Waals surface area (Å²) >= 11 is 0. The maximum Gasteiger partial charge on any atom is -0.0266 e. The lowest BCUT2D eigenvalue weighted by molar-refractivity contribution is 0.299. The Morgan fingerprint density at radius 2 is 2.08 bits per heavy atom. The fourth-order valence-corrected chi connectivity index (χ4v) is 3.56. The first-order valence-corrected chi connectivity index (χ1v) is 6.16. The van der Waals surface area contributed by atoms with Gasteiger partial charge in [0.15, 0.2) is 0 Å². The smallest absolute Gasteiger partial charge is 0.0266 e. The van der Waals surface area contributed by atoms with Gasteiger partial charge in [0.05, 0.1) is 0 Å². The van der Waals surface area contributed by atoms with Crippen LogP contribution in [0.1, 0.15) is 59.3 Å². The van der Waals surface area contributed by atoms with Gasteiger partial charge < -0.3 is 0 Å². The van der Waals surface area contributed by atoms with Gasteiger partial charge in [-0.15, -0.1) is 0 Å². The van der Waals surface area contributed by atoms with Crippen molar-refractivity contribution >= 4 is 0 Å². The summed E-state index contributed by atoms with van der Waals surface area (Å²) < 4.78 is 0. The maximum absolute atomic E-state index is 2.55. The van der Waals surface area contributed by atoms with E-state index < -0.39 is 0 Å². The summed E-state index contributed by atoms with van der Waals surface area (Å²) in [6.07, 6.45) is 8.97. The Kier molecular flexibility index (Phi) is 2.42. The summed E-state index contributed by atoms with van der Waals surface area (Å²) in [7, 11) is 0. The Hall–Kier alpha value is 0. The minimum absolute atomic E-state index is 0.779. The van der Waals surface area contributed by atoms with Crippen molar-refractivity contribution in [2.75, 3.05) is 0 Å². The van der Waals surface area contributed by atoms with Crippen molar-refractivity contribution in [3.05, 3.63) is 0 Å². The molecule has 0 aliphatic heterocycles. The highest BCUT2D eigenvalue weighted by Crippen LogP contribution is 2.63. The molecule has 0 spiro atoms. The molecule has 0 N–H and O–H groups in total. The average molecular weight is 180 g/mol. The zero-order valence-corrected chi connectivity index (χ0v) is 9.47. The average Bonchev–Trinajstić information content (AvgIpc) is 2.57. The molecule has 2 rings (SSSR count). The van der Waals surface area contributed by atoms with Crippen LogP contribution >= 0.6 is 0 Å². The van der Waals surface area contributed by atoms with Crippen molar-refractivity contribution in [2.45, 2.75) is 59.3 Å². The summed E-state index contributed by atoms with van der Waals surface area (Å²) in [6.45, 7) is 7.31. The Bertz CT molecular complexity index is 184. The number of hydrogen-bond acceptors (Lipinski definition) is 0. The molecule has 0 radical (unpaired) electrons. The second-order valence-corrected chi connectivity index (χ2v) is 5.81. The van der Waals surface area contributed by atoms with Gasteiger partial charge in [-0.1, -0.05) is 40.0 Å². The van der Waals surface area contributed by atoms with Crippen LogP contribution in [0, 0.1) is 23.2 Å². The maximum atomic E-state index is 2.55. The normalized spacial score (nSPS) is 49.6. The first kappa shape index (κ1) is 9.55. The van der Waals surface area contributed by atoms with Crippen LogP contribution in [0.15, 0.2) is 0 Å². The molecule has 4 unspecified atom stereocenters. The van der Waals surface area contributed by atoms with E-state index in [2.05, 4.69) is 20.8 Å². The van der Waals surface area contributed by atoms with Crippen LogP contribution in [0.5, 0.6) is 0 Å². The van der Waals surface area contributed by atoms with Gasteiger partial charge in [0, 0.05) is 0 Å². The molecule has 4 atom stereocenters. The zero-order valence-electron chi connectivity index (χ0n) is 9.47. The van der Waals surface area contributed by atoms with Gasteiger partial charge in [-0.3, -0.25) is 0 Å². The molecular formula is C13H24. The van der Waals surface area contributed by atoms with Gasteiger partial charge >= 0.3 is 0 Å². The largest absolute Gasteiger partial charge is 0.0654 e. The minimum Gasteiger partial charge on any atom is -0.0654 e. The highest BCUT2D eigenvalue weighted by molar-refractivity contribution is 5.04. The molecule has 0 heterocycles. The Balaban J connectivity index is 1.88. The van der Waals surface area contributed by atoms with E-state index in [0.717, 1.165) is 23.2 Å². The Labute approximate surface area is 83.1 Å². The SMILES string of the molecule is CCCC1CC1(C)C1CCC(C)C1. The molecule has 0 saturated heterocycles. The summed E-state index contributed by atoms with van der Waals surface area (Å²) in [5, 5.41) is 0. The third kappa shape index (κ3) is 1.65. The molecular weight excluding hydrogens is 156 g/mol. The van der Waals surface area contributed by atoms with Crippen LogP contribution in [-0.4, -0.2) is 0 Å². The van der Waals surface area contributed by atoms with Gasteiger partial charge in [0.25, 0.3) is 0 Å². The van der Waals surface area contributed by atoms with E-state index >= 15 is 0 Å². The Morgan fingerprint density at radius 3 is 2.62 bits per heavy atom. The molecule has 0 aromatic carbocycles. The van der Waals surface area contributed by atoms with Crippen molar-refractivity contribution in [1.29, 1.82) is 0 Å². The van der Waals surface area contributed by atoms with Crippen molar-refractivity contribution in [2.24, 2.45) is 23.2 Å². The first-order chi connectivity index (χ1) is 6.16. The lowest BCUT2D eigenvalue weighted by atomic mass is 9.86. The van der Waals surface area contributed by atoms with E-state index in [4.69, 9.17) is 0 Å². The fourth-order valence-electron chi connectivity index (χ4n) is 3.56. The summed E-state index contributed by atoms with van der Waals surface area (Å²) in [4.78, 5) is 0. The minimum atomic E-state index is 0.779. The lowest BCUT2D eigenvalue weighted by Gasteiger charge is -2.19. The molecule has 0 amide bonds. The standard InChI is InChI=1S/C13H24/c1-4-5-12-9-13(12,3)11-7-6-10(2)8-11/h10-12H,4-9H2,1-3H3. The van der Waals surface area contributed by atoms with Gasteiger partial charge in [-0.25, -0.2) is 0 Å². The van der Waals surface area contributed by atoms with Gasteiger partial charge in [0.1, 0.15) is 0 Å². The monoisotopic (exact) mass is 180 g/mol. The summed E-state index contributed by atoms with van der Waals surface area (Å²) in [6, 6.07) is 0. The van der Waals surface area contributed by atoms with E-state index in [1.54, 1.807) is 0 Å². The summed E-state index contributed by atoms with van der Waals surface area (Å²) in [5.41, 5.74) is 0.779. The van der Waals surface area contributed by atoms with Gasteiger partial charge in [-0.05, 0) is 42.4 Å². The highest BCUT2D eigenvalue weighted by Gasteiger charge is 2.54. The van der Waals surface area contributed by atoms with E-state index in [0.29, 0.717) is 0 Å². The van der Waals surface area contributed by atoms with Crippen molar-refractivity contribution < 1.29 is 0 Å². The molecule has 13 heavy (non-hydrogen) atoms. The molecule has 2 aliphatic rings. The molecule has 0 nitrogen and oxygen atoms in total. The highest BCUT2D eigenvalue weighted by atomic mass is 14.6. The first-order valence-electron chi connectivity index (χ1n) is 6.16. The molecule has 0 aromatic rings. The molecule has 0 bridgehead atoms. The predicted molar refractivity (Wildman–Crippen MR) is 57.6 cm³/mol. The van der Waals surface area contributed by atoms with Crippen LogP contribution in [-0.2, 0) is 0 Å². The topological polar surface area (TPSA) is 0 Å². The van der Waals surface area contributed by atoms with Crippen molar-refractivity contribution in [3.63, 3.8) is 0 Å². The van der Waals surface area contributed by atoms with Gasteiger partial charge in [-0.2, -0.15) is 0 Å². The molecule has 0 heteroatoms. The molecule has 0 aromatic heterocycles. The van der Waals surface area contributed by atoms with Crippen LogP contribution in [0.3, 0.4) is 0 Å². The van der Waals surface area contributed by atoms with Crippen LogP contribution < -0.4 is 0 Å². The molecule has 2 fully saturated rings. The van der Waals surface area contributed by atoms with Crippen LogP contribution in [0.25, 0.3) is 0 Å². The number of hydrogen-bond donors (Lipinski definition) is 0. The Morgan fingerprint density at radius 1 is 1.31 bits per heavy atom. The molecule has 2 aliphatic carbocycles. The van der Waals surface area contributed by atoms with E-state index in [1.165, 1.54) is 38.5 Å². The second kappa shape index (κ2) is 3.29. The summed E-state index contributed by atoms with van der Waals surface area (Å²) in [5.74, 6) is 3.19. The predicted octanol–water partition coefficient (Wildman–Crippen LogP) is 4.25. The van der Waals surface area contributed by atoms with Crippen molar-refractivity contribution in [1.82, 2.24) is 0 Å². The van der Waals surface area contributed by atoms with E-state index in [-0.39, 0.29) is 0 Å². The zero-order chi connectivity index (χ0) is 9.47. The van der Waals surface area contributed by atoms with Crippen LogP contribution in [0.4, 0.5) is 0 Å². The lowest BCUT2D eigenvalue weighted by Crippen LogP contribution is -2.11. The molecule has 2 saturated carbocycles. The van der Waals surface area contributed by atoms with Gasteiger partial charge in [0.2, 0.25) is 0 Å². The van der Waals surface area contributed by atoms with E-state index in [9.17, 15) is 0 Å². The van der Waals surface area contributed by atoms with E-state index in [1.807, 2.05) is 0 Å². The quantitative estimate of drug-likeness (QED) is 0.609. The van der Waals surface area contributed by atoms with Crippen LogP contribution in [0.2, 0.25) is 0 Å². The molecule has 76 valence electrons. The number of rotatable bonds is 3.